The summed E-state index contributed by atoms with van der Waals surface area (Å²) in [6.07, 6.45) is -0.190. The Hall–Kier alpha value is -2.46. The van der Waals surface area contributed by atoms with Crippen molar-refractivity contribution in [3.8, 4) is 0 Å². The standard InChI is InChI=1S/C16H21N3O6S/c1-12(20)18-8-10-19(11-9-18)26(24,25)14-4-2-13(3-5-14)16(23)17-7-6-15(21)22/h2-5H,6-11H2,1H3,(H,17,23)(H,21,22). The van der Waals surface area contributed by atoms with Crippen LogP contribution in [0.5, 0.6) is 0 Å². The molecule has 0 aliphatic carbocycles. The molecule has 1 saturated heterocycles. The maximum atomic E-state index is 12.6. The number of hydrogen-bond donors (Lipinski definition) is 2. The quantitative estimate of drug-likeness (QED) is 0.698. The van der Waals surface area contributed by atoms with Gasteiger partial charge in [0.2, 0.25) is 15.9 Å². The van der Waals surface area contributed by atoms with E-state index in [0.717, 1.165) is 0 Å². The molecule has 0 atom stereocenters. The summed E-state index contributed by atoms with van der Waals surface area (Å²) in [5.74, 6) is -1.57. The van der Waals surface area contributed by atoms with Crippen molar-refractivity contribution < 1.29 is 27.9 Å². The van der Waals surface area contributed by atoms with Crippen molar-refractivity contribution >= 4 is 27.8 Å². The van der Waals surface area contributed by atoms with Crippen LogP contribution in [0.4, 0.5) is 0 Å². The monoisotopic (exact) mass is 383 g/mol. The number of benzene rings is 1. The van der Waals surface area contributed by atoms with Gasteiger partial charge in [-0.05, 0) is 24.3 Å². The first-order chi connectivity index (χ1) is 12.2. The highest BCUT2D eigenvalue weighted by atomic mass is 32.2. The molecule has 2 N–H and O–H groups in total. The van der Waals surface area contributed by atoms with E-state index >= 15 is 0 Å². The summed E-state index contributed by atoms with van der Waals surface area (Å²) < 4.78 is 26.6. The zero-order chi connectivity index (χ0) is 19.3. The Morgan fingerprint density at radius 2 is 1.65 bits per heavy atom. The molecular weight excluding hydrogens is 362 g/mol. The number of nitrogens with one attached hydrogen (secondary N) is 1. The predicted molar refractivity (Wildman–Crippen MR) is 92.0 cm³/mol. The van der Waals surface area contributed by atoms with E-state index < -0.39 is 21.9 Å². The van der Waals surface area contributed by atoms with Crippen LogP contribution in [0.1, 0.15) is 23.7 Å². The minimum Gasteiger partial charge on any atom is -0.481 e. The maximum absolute atomic E-state index is 12.6. The van der Waals surface area contributed by atoms with Gasteiger partial charge in [-0.1, -0.05) is 0 Å². The molecule has 1 heterocycles. The Labute approximate surface area is 151 Å². The Morgan fingerprint density at radius 3 is 2.15 bits per heavy atom. The number of nitrogens with zero attached hydrogens (tertiary/aromatic N) is 2. The molecule has 2 rings (SSSR count). The molecule has 9 nitrogen and oxygen atoms in total. The molecule has 0 unspecified atom stereocenters. The number of amides is 2. The molecule has 1 aromatic rings. The first kappa shape index (κ1) is 19.9. The third kappa shape index (κ3) is 4.79. The molecule has 1 fully saturated rings. The van der Waals surface area contributed by atoms with Gasteiger partial charge >= 0.3 is 5.97 Å². The Bertz CT molecular complexity index is 783. The number of sulfonamides is 1. The summed E-state index contributed by atoms with van der Waals surface area (Å²) in [6, 6.07) is 5.46. The smallest absolute Gasteiger partial charge is 0.305 e. The third-order valence-corrected chi connectivity index (χ3v) is 5.98. The van der Waals surface area contributed by atoms with Crippen molar-refractivity contribution in [2.45, 2.75) is 18.2 Å². The second-order valence-corrected chi connectivity index (χ2v) is 7.77. The number of carbonyl (C=O) groups is 3. The van der Waals surface area contributed by atoms with Crippen LogP contribution in [0.15, 0.2) is 29.2 Å². The van der Waals surface area contributed by atoms with Gasteiger partial charge in [0.25, 0.3) is 5.91 Å². The fourth-order valence-corrected chi connectivity index (χ4v) is 3.98. The van der Waals surface area contributed by atoms with Crippen LogP contribution >= 0.6 is 0 Å². The van der Waals surface area contributed by atoms with Crippen molar-refractivity contribution in [1.29, 1.82) is 0 Å². The van der Waals surface area contributed by atoms with E-state index in [2.05, 4.69) is 5.32 Å². The van der Waals surface area contributed by atoms with Gasteiger partial charge in [-0.15, -0.1) is 0 Å². The lowest BCUT2D eigenvalue weighted by Gasteiger charge is -2.33. The number of hydrogen-bond acceptors (Lipinski definition) is 5. The molecule has 26 heavy (non-hydrogen) atoms. The molecule has 0 spiro atoms. The van der Waals surface area contributed by atoms with E-state index in [-0.39, 0.29) is 42.4 Å². The SMILES string of the molecule is CC(=O)N1CCN(S(=O)(=O)c2ccc(C(=O)NCCC(=O)O)cc2)CC1. The molecule has 1 aliphatic heterocycles. The molecule has 1 aliphatic rings. The summed E-state index contributed by atoms with van der Waals surface area (Å²) in [4.78, 5) is 35.3. The van der Waals surface area contributed by atoms with Crippen molar-refractivity contribution in [2.24, 2.45) is 0 Å². The van der Waals surface area contributed by atoms with Gasteiger partial charge in [0.05, 0.1) is 11.3 Å². The lowest BCUT2D eigenvalue weighted by atomic mass is 10.2. The normalized spacial score (nSPS) is 15.5. The first-order valence-corrected chi connectivity index (χ1v) is 9.51. The van der Waals surface area contributed by atoms with E-state index in [9.17, 15) is 22.8 Å². The topological polar surface area (TPSA) is 124 Å². The highest BCUT2D eigenvalue weighted by Gasteiger charge is 2.29. The van der Waals surface area contributed by atoms with Gasteiger partial charge < -0.3 is 15.3 Å². The highest BCUT2D eigenvalue weighted by molar-refractivity contribution is 7.89. The first-order valence-electron chi connectivity index (χ1n) is 8.07. The van der Waals surface area contributed by atoms with Crippen LogP contribution in [0.25, 0.3) is 0 Å². The number of carboxylic acid groups (broad SMARTS) is 1. The fourth-order valence-electron chi connectivity index (χ4n) is 2.56. The fraction of sp³-hybridized carbons (Fsp3) is 0.438. The summed E-state index contributed by atoms with van der Waals surface area (Å²) in [6.45, 7) is 2.58. The molecule has 1 aromatic carbocycles. The number of carboxylic acids is 1. The highest BCUT2D eigenvalue weighted by Crippen LogP contribution is 2.18. The molecule has 0 bridgehead atoms. The minimum atomic E-state index is -3.70. The Balaban J connectivity index is 2.01. The van der Waals surface area contributed by atoms with Crippen LogP contribution in [0.3, 0.4) is 0 Å². The van der Waals surface area contributed by atoms with E-state index in [1.54, 1.807) is 4.90 Å². The molecule has 0 saturated carbocycles. The number of rotatable bonds is 6. The lowest BCUT2D eigenvalue weighted by molar-refractivity contribution is -0.136. The molecule has 142 valence electrons. The van der Waals surface area contributed by atoms with Crippen LogP contribution in [-0.4, -0.2) is 73.2 Å². The van der Waals surface area contributed by atoms with Crippen LogP contribution in [-0.2, 0) is 19.6 Å². The molecule has 2 amide bonds. The Morgan fingerprint density at radius 1 is 1.08 bits per heavy atom. The van der Waals surface area contributed by atoms with Crippen LogP contribution < -0.4 is 5.32 Å². The van der Waals surface area contributed by atoms with Gasteiger partial charge in [0, 0.05) is 45.2 Å². The number of carbonyl (C=O) groups excluding carboxylic acids is 2. The van der Waals surface area contributed by atoms with Crippen LogP contribution in [0.2, 0.25) is 0 Å². The second-order valence-electron chi connectivity index (χ2n) is 5.83. The zero-order valence-electron chi connectivity index (χ0n) is 14.3. The molecule has 0 radical (unpaired) electrons. The summed E-state index contributed by atoms with van der Waals surface area (Å²) in [7, 11) is -3.70. The van der Waals surface area contributed by atoms with E-state index in [4.69, 9.17) is 5.11 Å². The van der Waals surface area contributed by atoms with Gasteiger partial charge in [0.15, 0.2) is 0 Å². The number of piperazine rings is 1. The van der Waals surface area contributed by atoms with Crippen molar-refractivity contribution in [3.63, 3.8) is 0 Å². The summed E-state index contributed by atoms with van der Waals surface area (Å²) in [5, 5.41) is 11.0. The number of aliphatic carboxylic acids is 1. The van der Waals surface area contributed by atoms with E-state index in [1.165, 1.54) is 35.5 Å². The van der Waals surface area contributed by atoms with Crippen LogP contribution in [0, 0.1) is 0 Å². The minimum absolute atomic E-state index is 0.00531. The van der Waals surface area contributed by atoms with Gasteiger partial charge in [-0.3, -0.25) is 14.4 Å². The molecular formula is C16H21N3O6S. The van der Waals surface area contributed by atoms with Crippen molar-refractivity contribution in [1.82, 2.24) is 14.5 Å². The Kier molecular flexibility index (Phi) is 6.32. The van der Waals surface area contributed by atoms with Gasteiger partial charge in [-0.2, -0.15) is 4.31 Å². The average Bonchev–Trinajstić information content (AvgIpc) is 2.61. The van der Waals surface area contributed by atoms with Gasteiger partial charge in [-0.25, -0.2) is 8.42 Å². The predicted octanol–water partition coefficient (Wildman–Crippen LogP) is -0.256. The van der Waals surface area contributed by atoms with E-state index in [1.807, 2.05) is 0 Å². The summed E-state index contributed by atoms with van der Waals surface area (Å²) in [5.41, 5.74) is 0.246. The summed E-state index contributed by atoms with van der Waals surface area (Å²) >= 11 is 0. The van der Waals surface area contributed by atoms with E-state index in [0.29, 0.717) is 13.1 Å². The average molecular weight is 383 g/mol. The van der Waals surface area contributed by atoms with Crippen molar-refractivity contribution in [2.75, 3.05) is 32.7 Å². The molecule has 0 aromatic heterocycles. The second kappa shape index (κ2) is 8.28. The largest absolute Gasteiger partial charge is 0.481 e. The maximum Gasteiger partial charge on any atom is 0.305 e. The third-order valence-electron chi connectivity index (χ3n) is 4.06. The van der Waals surface area contributed by atoms with Gasteiger partial charge in [0.1, 0.15) is 0 Å². The zero-order valence-corrected chi connectivity index (χ0v) is 15.2. The lowest BCUT2D eigenvalue weighted by Crippen LogP contribution is -2.49. The van der Waals surface area contributed by atoms with Crippen molar-refractivity contribution in [3.05, 3.63) is 29.8 Å². The molecule has 10 heteroatoms.